The number of aliphatic carboxylic acids is 1. The van der Waals surface area contributed by atoms with Crippen molar-refractivity contribution in [2.24, 2.45) is 9.98 Å². The number of carboxylic acid groups (broad SMARTS) is 1. The molecule has 2 atom stereocenters. The van der Waals surface area contributed by atoms with Crippen LogP contribution in [0.25, 0.3) is 0 Å². The smallest absolute Gasteiger partial charge is 0.304 e. The summed E-state index contributed by atoms with van der Waals surface area (Å²) in [4.78, 5) is 58.8. The van der Waals surface area contributed by atoms with Crippen LogP contribution in [0.3, 0.4) is 0 Å². The summed E-state index contributed by atoms with van der Waals surface area (Å²) in [5.74, 6) is 0.807. The Kier molecular flexibility index (Phi) is 17.0. The van der Waals surface area contributed by atoms with Crippen LogP contribution in [0.4, 0.5) is 11.4 Å². The van der Waals surface area contributed by atoms with E-state index in [1.165, 1.54) is 25.4 Å². The summed E-state index contributed by atoms with van der Waals surface area (Å²) in [5.41, 5.74) is 5.19. The van der Waals surface area contributed by atoms with Gasteiger partial charge in [-0.05, 0) is 38.8 Å². The molecule has 1 aromatic heterocycles. The highest BCUT2D eigenvalue weighted by molar-refractivity contribution is 6.04. The molecule has 4 aliphatic rings. The number of carbonyl (C=O) groups is 3. The number of benzene rings is 2. The average Bonchev–Trinajstić information content (AvgIpc) is 3.91. The molecule has 2 saturated heterocycles. The molecule has 18 heteroatoms. The molecule has 67 heavy (non-hydrogen) atoms. The van der Waals surface area contributed by atoms with Gasteiger partial charge in [0.15, 0.2) is 23.0 Å². The molecule has 4 aliphatic heterocycles. The summed E-state index contributed by atoms with van der Waals surface area (Å²) in [6, 6.07) is 10.0. The normalized spacial score (nSPS) is 18.5. The first-order chi connectivity index (χ1) is 32.6. The van der Waals surface area contributed by atoms with Gasteiger partial charge >= 0.3 is 5.97 Å². The third-order valence-electron chi connectivity index (χ3n) is 12.0. The Labute approximate surface area is 390 Å². The fraction of sp³-hybridized carbons (Fsp3) is 0.469. The SMILES string of the molecule is CC=C1C[C@H]2C=Nc3cc(OCc4cc(OCCN(CCOCCOCCOC)CCC(=O)O)cc(COc5cc6c(cc5OC)C(=O)N5CC(=CC)C[C@H]5C=N6)n4)c(OC)cc3C(=O)N2C1. The van der Waals surface area contributed by atoms with E-state index in [0.717, 1.165) is 12.8 Å². The fourth-order valence-corrected chi connectivity index (χ4v) is 8.22. The quantitative estimate of drug-likeness (QED) is 0.0832. The number of carboxylic acids is 1. The van der Waals surface area contributed by atoms with Crippen LogP contribution in [0, 0.1) is 0 Å². The van der Waals surface area contributed by atoms with E-state index in [1.807, 2.05) is 53.1 Å². The number of fused-ring (bicyclic) bond motifs is 4. The molecule has 0 spiro atoms. The number of pyridine rings is 1. The van der Waals surface area contributed by atoms with Crippen LogP contribution < -0.4 is 23.7 Å². The second-order valence-electron chi connectivity index (χ2n) is 16.3. The number of hydrogen-bond acceptors (Lipinski definition) is 15. The highest BCUT2D eigenvalue weighted by Gasteiger charge is 2.36. The summed E-state index contributed by atoms with van der Waals surface area (Å²) >= 11 is 0. The molecule has 7 rings (SSSR count). The largest absolute Gasteiger partial charge is 0.493 e. The Hall–Kier alpha value is -6.34. The van der Waals surface area contributed by atoms with Gasteiger partial charge in [0, 0.05) is 76.5 Å². The van der Waals surface area contributed by atoms with E-state index in [0.29, 0.717) is 128 Å². The zero-order valence-electron chi connectivity index (χ0n) is 38.9. The molecule has 2 aromatic carbocycles. The van der Waals surface area contributed by atoms with Crippen LogP contribution in [0.15, 0.2) is 69.7 Å². The van der Waals surface area contributed by atoms with E-state index in [9.17, 15) is 19.5 Å². The van der Waals surface area contributed by atoms with Crippen molar-refractivity contribution in [1.82, 2.24) is 19.7 Å². The number of amides is 2. The second kappa shape index (κ2) is 23.4. The first-order valence-corrected chi connectivity index (χ1v) is 22.5. The number of rotatable bonds is 24. The second-order valence-corrected chi connectivity index (χ2v) is 16.3. The molecule has 18 nitrogen and oxygen atoms in total. The molecule has 5 heterocycles. The van der Waals surface area contributed by atoms with Gasteiger partial charge in [0.25, 0.3) is 11.8 Å². The predicted molar refractivity (Wildman–Crippen MR) is 249 cm³/mol. The number of aromatic nitrogens is 1. The van der Waals surface area contributed by atoms with Gasteiger partial charge in [-0.15, -0.1) is 0 Å². The number of allylic oxidation sites excluding steroid dienone is 2. The third-order valence-corrected chi connectivity index (χ3v) is 12.0. The van der Waals surface area contributed by atoms with Crippen LogP contribution in [0.5, 0.6) is 28.7 Å². The lowest BCUT2D eigenvalue weighted by Crippen LogP contribution is -2.35. The summed E-state index contributed by atoms with van der Waals surface area (Å²) in [6.45, 7) is 8.66. The summed E-state index contributed by atoms with van der Waals surface area (Å²) in [7, 11) is 4.65. The zero-order valence-corrected chi connectivity index (χ0v) is 38.9. The number of methoxy groups -OCH3 is 3. The summed E-state index contributed by atoms with van der Waals surface area (Å²) in [6.07, 6.45) is 9.15. The van der Waals surface area contributed by atoms with Gasteiger partial charge < -0.3 is 52.8 Å². The number of aliphatic imine (C=N–C) groups is 2. The van der Waals surface area contributed by atoms with Gasteiger partial charge in [0.05, 0.1) is 99.6 Å². The molecule has 0 bridgehead atoms. The van der Waals surface area contributed by atoms with Crippen LogP contribution in [0.1, 0.15) is 65.2 Å². The first-order valence-electron chi connectivity index (χ1n) is 22.5. The molecular formula is C49H60N6O12. The van der Waals surface area contributed by atoms with E-state index in [4.69, 9.17) is 52.9 Å². The average molecular weight is 925 g/mol. The molecule has 1 N–H and O–H groups in total. The maximum absolute atomic E-state index is 13.7. The molecule has 358 valence electrons. The topological polar surface area (TPSA) is 193 Å². The molecular weight excluding hydrogens is 865 g/mol. The first kappa shape index (κ1) is 48.6. The van der Waals surface area contributed by atoms with Crippen molar-refractivity contribution < 1.29 is 57.4 Å². The van der Waals surface area contributed by atoms with Crippen molar-refractivity contribution in [1.29, 1.82) is 0 Å². The number of ether oxygens (including phenoxy) is 8. The number of carbonyl (C=O) groups excluding carboxylic acids is 2. The van der Waals surface area contributed by atoms with Gasteiger partial charge in [-0.2, -0.15) is 0 Å². The Morgan fingerprint density at radius 3 is 1.67 bits per heavy atom. The monoisotopic (exact) mass is 924 g/mol. The standard InChI is InChI=1S/C49H60N6O12/c1-6-32-18-36-26-50-41-24-45(43(61-4)22-39(41)48(58)54(36)28-32)66-30-34-20-38(65-13-11-53(9-8-47(56)57)10-12-63-16-17-64-15-14-60-3)21-35(52-34)31-67-46-25-42-40(23-44(46)62-5)49(59)55-29-33(7-2)19-37(55)27-51-42/h6-7,20-27,36-37H,8-19,28-31H2,1-5H3,(H,56,57)/t36-,37-/m0/s1. The van der Waals surface area contributed by atoms with Gasteiger partial charge in [-0.1, -0.05) is 23.3 Å². The predicted octanol–water partition coefficient (Wildman–Crippen LogP) is 5.85. The van der Waals surface area contributed by atoms with Crippen LogP contribution in [-0.2, 0) is 32.2 Å². The van der Waals surface area contributed by atoms with E-state index in [-0.39, 0.29) is 50.1 Å². The van der Waals surface area contributed by atoms with E-state index in [1.54, 1.807) is 43.5 Å². The molecule has 2 amide bonds. The van der Waals surface area contributed by atoms with Crippen molar-refractivity contribution in [3.05, 3.63) is 82.2 Å². The number of hydrogen-bond donors (Lipinski definition) is 1. The Balaban J connectivity index is 1.09. The maximum Gasteiger partial charge on any atom is 0.304 e. The summed E-state index contributed by atoms with van der Waals surface area (Å²) in [5, 5.41) is 9.42. The third kappa shape index (κ3) is 12.4. The fourth-order valence-electron chi connectivity index (χ4n) is 8.22. The lowest BCUT2D eigenvalue weighted by Gasteiger charge is -2.22. The Morgan fingerprint density at radius 1 is 0.672 bits per heavy atom. The highest BCUT2D eigenvalue weighted by Crippen LogP contribution is 2.41. The molecule has 3 aromatic rings. The van der Waals surface area contributed by atoms with Gasteiger partial charge in [-0.3, -0.25) is 34.3 Å². The van der Waals surface area contributed by atoms with Crippen LogP contribution >= 0.6 is 0 Å². The molecule has 0 saturated carbocycles. The Bertz CT molecular complexity index is 2250. The van der Waals surface area contributed by atoms with Crippen molar-refractivity contribution in [2.45, 2.75) is 58.4 Å². The van der Waals surface area contributed by atoms with E-state index in [2.05, 4.69) is 0 Å². The van der Waals surface area contributed by atoms with Crippen molar-refractivity contribution in [3.63, 3.8) is 0 Å². The van der Waals surface area contributed by atoms with Gasteiger partial charge in [0.1, 0.15) is 25.6 Å². The van der Waals surface area contributed by atoms with E-state index < -0.39 is 5.97 Å². The van der Waals surface area contributed by atoms with E-state index >= 15 is 0 Å². The zero-order chi connectivity index (χ0) is 47.3. The maximum atomic E-state index is 13.7. The minimum atomic E-state index is -0.900. The lowest BCUT2D eigenvalue weighted by molar-refractivity contribution is -0.137. The summed E-state index contributed by atoms with van der Waals surface area (Å²) < 4.78 is 46.7. The Morgan fingerprint density at radius 2 is 1.18 bits per heavy atom. The molecule has 2 fully saturated rings. The van der Waals surface area contributed by atoms with Crippen LogP contribution in [-0.4, -0.2) is 161 Å². The molecule has 0 radical (unpaired) electrons. The van der Waals surface area contributed by atoms with Gasteiger partial charge in [0.2, 0.25) is 0 Å². The number of nitrogens with zero attached hydrogens (tertiary/aromatic N) is 6. The molecule has 0 unspecified atom stereocenters. The highest BCUT2D eigenvalue weighted by atomic mass is 16.5. The minimum Gasteiger partial charge on any atom is -0.493 e. The van der Waals surface area contributed by atoms with Crippen molar-refractivity contribution in [2.75, 3.05) is 93.7 Å². The van der Waals surface area contributed by atoms with Crippen molar-refractivity contribution in [3.8, 4) is 28.7 Å². The van der Waals surface area contributed by atoms with Crippen molar-refractivity contribution >= 4 is 41.6 Å². The van der Waals surface area contributed by atoms with Crippen LogP contribution in [0.2, 0.25) is 0 Å². The lowest BCUT2D eigenvalue weighted by atomic mass is 10.1. The molecule has 0 aliphatic carbocycles. The minimum absolute atomic E-state index is 0.0146. The van der Waals surface area contributed by atoms with Gasteiger partial charge in [-0.25, -0.2) is 0 Å².